The Balaban J connectivity index is 1.68. The first-order valence-electron chi connectivity index (χ1n) is 10.1. The number of hydrogen-bond donors (Lipinski definition) is 0. The minimum absolute atomic E-state index is 0.853. The number of aliphatic imine (C=N–C) groups is 1. The summed E-state index contributed by atoms with van der Waals surface area (Å²) in [6, 6.07) is 17.1. The van der Waals surface area contributed by atoms with E-state index in [1.165, 1.54) is 80.9 Å². The molecule has 2 aromatic rings. The van der Waals surface area contributed by atoms with Crippen molar-refractivity contribution in [2.24, 2.45) is 4.99 Å². The van der Waals surface area contributed by atoms with Crippen molar-refractivity contribution in [1.82, 2.24) is 0 Å². The molecule has 0 heterocycles. The molecule has 2 heteroatoms. The van der Waals surface area contributed by atoms with Crippen molar-refractivity contribution in [2.45, 2.75) is 71.1 Å². The molecule has 26 heavy (non-hydrogen) atoms. The molecule has 0 unspecified atom stereocenters. The van der Waals surface area contributed by atoms with E-state index in [-0.39, 0.29) is 0 Å². The van der Waals surface area contributed by atoms with Crippen LogP contribution in [-0.4, -0.2) is 5.16 Å². The minimum Gasteiger partial charge on any atom is -0.195 e. The highest BCUT2D eigenvalue weighted by molar-refractivity contribution is 7.78. The summed E-state index contributed by atoms with van der Waals surface area (Å²) in [5.74, 6) is 0. The first-order valence-corrected chi connectivity index (χ1v) is 10.5. The van der Waals surface area contributed by atoms with Gasteiger partial charge in [0.25, 0.3) is 0 Å². The van der Waals surface area contributed by atoms with Crippen molar-refractivity contribution in [2.75, 3.05) is 0 Å². The second-order valence-electron chi connectivity index (χ2n) is 7.03. The highest BCUT2D eigenvalue weighted by Gasteiger charge is 1.99. The molecule has 0 aliphatic heterocycles. The molecule has 0 amide bonds. The first-order chi connectivity index (χ1) is 12.8. The van der Waals surface area contributed by atoms with Gasteiger partial charge in [-0.3, -0.25) is 0 Å². The van der Waals surface area contributed by atoms with Crippen LogP contribution in [0, 0.1) is 0 Å². The van der Waals surface area contributed by atoms with Crippen LogP contribution in [0.5, 0.6) is 0 Å². The van der Waals surface area contributed by atoms with Crippen molar-refractivity contribution in [3.8, 4) is 11.1 Å². The van der Waals surface area contributed by atoms with E-state index < -0.39 is 0 Å². The summed E-state index contributed by atoms with van der Waals surface area (Å²) in [4.78, 5) is 3.99. The quantitative estimate of drug-likeness (QED) is 0.210. The molecule has 0 fully saturated rings. The molecule has 1 nitrogen and oxygen atoms in total. The maximum Gasteiger partial charge on any atom is 0.0739 e. The standard InChI is InChI=1S/C24H31NS/c1-2-3-4-5-6-7-8-9-10-11-21-12-14-22(15-13-21)23-16-18-24(19-17-23)25-20-26/h12-19H,2-11H2,1H3. The van der Waals surface area contributed by atoms with E-state index in [0.29, 0.717) is 0 Å². The predicted molar refractivity (Wildman–Crippen MR) is 117 cm³/mol. The number of benzene rings is 2. The van der Waals surface area contributed by atoms with Gasteiger partial charge in [0.05, 0.1) is 10.8 Å². The Labute approximate surface area is 164 Å². The lowest BCUT2D eigenvalue weighted by Gasteiger charge is -2.06. The van der Waals surface area contributed by atoms with Crippen LogP contribution in [-0.2, 0) is 6.42 Å². The van der Waals surface area contributed by atoms with Gasteiger partial charge in [-0.2, -0.15) is 4.99 Å². The van der Waals surface area contributed by atoms with E-state index in [1.54, 1.807) is 0 Å². The van der Waals surface area contributed by atoms with Crippen molar-refractivity contribution < 1.29 is 0 Å². The van der Waals surface area contributed by atoms with Crippen LogP contribution in [0.4, 0.5) is 5.69 Å². The summed E-state index contributed by atoms with van der Waals surface area (Å²) in [7, 11) is 0. The molecule has 0 saturated carbocycles. The van der Waals surface area contributed by atoms with Crippen LogP contribution in [0.1, 0.15) is 70.3 Å². The average Bonchev–Trinajstić information content (AvgIpc) is 2.68. The number of aryl methyl sites for hydroxylation is 1. The zero-order chi connectivity index (χ0) is 18.5. The lowest BCUT2D eigenvalue weighted by molar-refractivity contribution is 0.565. The lowest BCUT2D eigenvalue weighted by Crippen LogP contribution is -1.87. The SMILES string of the molecule is CCCCCCCCCCCc1ccc(-c2ccc(N=C=S)cc2)cc1. The number of rotatable bonds is 12. The fourth-order valence-electron chi connectivity index (χ4n) is 3.28. The van der Waals surface area contributed by atoms with E-state index in [9.17, 15) is 0 Å². The maximum absolute atomic E-state index is 4.64. The van der Waals surface area contributed by atoms with Crippen LogP contribution < -0.4 is 0 Å². The third-order valence-electron chi connectivity index (χ3n) is 4.90. The number of hydrogen-bond acceptors (Lipinski definition) is 2. The number of isothiocyanates is 1. The van der Waals surface area contributed by atoms with Crippen LogP contribution in [0.3, 0.4) is 0 Å². The Morgan fingerprint density at radius 2 is 1.19 bits per heavy atom. The van der Waals surface area contributed by atoms with Crippen molar-refractivity contribution >= 4 is 23.1 Å². The second-order valence-corrected chi connectivity index (χ2v) is 7.21. The summed E-state index contributed by atoms with van der Waals surface area (Å²) in [5, 5.41) is 2.40. The third-order valence-corrected chi connectivity index (χ3v) is 4.99. The van der Waals surface area contributed by atoms with Gasteiger partial charge in [0.15, 0.2) is 0 Å². The molecular formula is C24H31NS. The van der Waals surface area contributed by atoms with E-state index >= 15 is 0 Å². The van der Waals surface area contributed by atoms with Crippen molar-refractivity contribution in [3.05, 3.63) is 54.1 Å². The largest absolute Gasteiger partial charge is 0.195 e. The summed E-state index contributed by atoms with van der Waals surface area (Å²) in [6.45, 7) is 2.28. The van der Waals surface area contributed by atoms with Gasteiger partial charge < -0.3 is 0 Å². The molecule has 0 saturated heterocycles. The van der Waals surface area contributed by atoms with Crippen molar-refractivity contribution in [3.63, 3.8) is 0 Å². The first kappa shape index (κ1) is 20.6. The number of thiocarbonyl (C=S) groups is 1. The second kappa shape index (κ2) is 12.6. The molecule has 0 spiro atoms. The minimum atomic E-state index is 0.853. The van der Waals surface area contributed by atoms with Gasteiger partial charge in [-0.15, -0.1) is 0 Å². The fourth-order valence-corrected chi connectivity index (χ4v) is 3.39. The Hall–Kier alpha value is -1.76. The highest BCUT2D eigenvalue weighted by Crippen LogP contribution is 2.23. The zero-order valence-electron chi connectivity index (χ0n) is 16.0. The molecule has 2 aromatic carbocycles. The Morgan fingerprint density at radius 3 is 1.73 bits per heavy atom. The van der Waals surface area contributed by atoms with Gasteiger partial charge in [-0.1, -0.05) is 94.7 Å². The molecule has 2 rings (SSSR count). The Kier molecular flexibility index (Phi) is 9.94. The molecule has 0 radical (unpaired) electrons. The highest BCUT2D eigenvalue weighted by atomic mass is 32.1. The summed E-state index contributed by atoms with van der Waals surface area (Å²) >= 11 is 4.64. The van der Waals surface area contributed by atoms with Crippen LogP contribution in [0.15, 0.2) is 53.5 Å². The molecule has 0 atom stereocenters. The number of unbranched alkanes of at least 4 members (excludes halogenated alkanes) is 8. The van der Waals surface area contributed by atoms with E-state index in [2.05, 4.69) is 65.7 Å². The fraction of sp³-hybridized carbons (Fsp3) is 0.458. The van der Waals surface area contributed by atoms with Gasteiger partial charge in [0.2, 0.25) is 0 Å². The van der Waals surface area contributed by atoms with Crippen LogP contribution >= 0.6 is 12.2 Å². The molecule has 0 bridgehead atoms. The van der Waals surface area contributed by atoms with Crippen molar-refractivity contribution in [1.29, 1.82) is 0 Å². The van der Waals surface area contributed by atoms with E-state index in [0.717, 1.165) is 5.69 Å². The number of nitrogens with zero attached hydrogens (tertiary/aromatic N) is 1. The predicted octanol–water partition coefficient (Wildman–Crippen LogP) is 8.16. The summed E-state index contributed by atoms with van der Waals surface area (Å²) in [6.07, 6.45) is 13.7. The van der Waals surface area contributed by atoms with Crippen LogP contribution in [0.25, 0.3) is 11.1 Å². The molecule has 0 aromatic heterocycles. The molecule has 0 aliphatic rings. The third kappa shape index (κ3) is 7.64. The van der Waals surface area contributed by atoms with E-state index in [4.69, 9.17) is 0 Å². The zero-order valence-corrected chi connectivity index (χ0v) is 16.9. The topological polar surface area (TPSA) is 12.4 Å². The van der Waals surface area contributed by atoms with E-state index in [1.807, 2.05) is 12.1 Å². The van der Waals surface area contributed by atoms with Gasteiger partial charge in [-0.25, -0.2) is 0 Å². The summed E-state index contributed by atoms with van der Waals surface area (Å²) < 4.78 is 0. The summed E-state index contributed by atoms with van der Waals surface area (Å²) in [5.41, 5.74) is 4.76. The smallest absolute Gasteiger partial charge is 0.0739 e. The Bertz CT molecular complexity index is 666. The lowest BCUT2D eigenvalue weighted by atomic mass is 10.0. The normalized spacial score (nSPS) is 10.5. The molecule has 0 aliphatic carbocycles. The molecule has 0 N–H and O–H groups in total. The average molecular weight is 366 g/mol. The monoisotopic (exact) mass is 365 g/mol. The van der Waals surface area contributed by atoms with Gasteiger partial charge in [0.1, 0.15) is 0 Å². The molecule has 138 valence electrons. The van der Waals surface area contributed by atoms with Gasteiger partial charge in [0, 0.05) is 0 Å². The van der Waals surface area contributed by atoms with Crippen LogP contribution in [0.2, 0.25) is 0 Å². The van der Waals surface area contributed by atoms with Gasteiger partial charge in [-0.05, 0) is 53.9 Å². The van der Waals surface area contributed by atoms with Gasteiger partial charge >= 0.3 is 0 Å². The Morgan fingerprint density at radius 1 is 0.692 bits per heavy atom. The molecular weight excluding hydrogens is 334 g/mol. The maximum atomic E-state index is 4.64.